The average molecular weight is 181 g/mol. The van der Waals surface area contributed by atoms with Crippen molar-refractivity contribution in [3.63, 3.8) is 0 Å². The monoisotopic (exact) mass is 180 g/mol. The molecule has 0 spiro atoms. The van der Waals surface area contributed by atoms with Gasteiger partial charge in [-0.25, -0.2) is 0 Å². The summed E-state index contributed by atoms with van der Waals surface area (Å²) in [6.45, 7) is 1.87. The zero-order chi connectivity index (χ0) is 9.14. The molecule has 1 aromatic carbocycles. The van der Waals surface area contributed by atoms with Crippen LogP contribution >= 0.6 is 11.6 Å². The molecule has 0 aliphatic rings. The summed E-state index contributed by atoms with van der Waals surface area (Å²) in [5, 5.41) is 9.95. The van der Waals surface area contributed by atoms with Crippen LogP contribution in [0, 0.1) is 19.3 Å². The van der Waals surface area contributed by atoms with Crippen molar-refractivity contribution in [2.45, 2.75) is 13.0 Å². The summed E-state index contributed by atoms with van der Waals surface area (Å²) in [5.74, 6) is 2.24. The van der Waals surface area contributed by atoms with Gasteiger partial charge in [-0.3, -0.25) is 0 Å². The first kappa shape index (κ1) is 9.12. The molecule has 2 heteroatoms. The maximum atomic E-state index is 9.27. The molecule has 0 fully saturated rings. The molecule has 1 rings (SSSR count). The molecule has 0 heterocycles. The van der Waals surface area contributed by atoms with Crippen LogP contribution in [0.4, 0.5) is 0 Å². The van der Waals surface area contributed by atoms with Crippen molar-refractivity contribution in [1.82, 2.24) is 0 Å². The first-order valence-electron chi connectivity index (χ1n) is 3.55. The van der Waals surface area contributed by atoms with Crippen LogP contribution in [0.3, 0.4) is 0 Å². The third-order valence-corrected chi connectivity index (χ3v) is 2.08. The molecule has 12 heavy (non-hydrogen) atoms. The lowest BCUT2D eigenvalue weighted by molar-refractivity contribution is 0.238. The van der Waals surface area contributed by atoms with Crippen molar-refractivity contribution in [3.8, 4) is 12.3 Å². The summed E-state index contributed by atoms with van der Waals surface area (Å²) in [7, 11) is 0. The van der Waals surface area contributed by atoms with Gasteiger partial charge in [0.2, 0.25) is 0 Å². The maximum Gasteiger partial charge on any atom is 0.139 e. The molecule has 62 valence electrons. The number of hydrogen-bond acceptors (Lipinski definition) is 1. The highest BCUT2D eigenvalue weighted by Gasteiger charge is 2.04. The van der Waals surface area contributed by atoms with Crippen molar-refractivity contribution < 1.29 is 5.11 Å². The van der Waals surface area contributed by atoms with Crippen molar-refractivity contribution >= 4 is 11.6 Å². The summed E-state index contributed by atoms with van der Waals surface area (Å²) >= 11 is 5.80. The molecule has 0 amide bonds. The third kappa shape index (κ3) is 1.79. The topological polar surface area (TPSA) is 20.2 Å². The van der Waals surface area contributed by atoms with Crippen LogP contribution in [0.2, 0.25) is 5.02 Å². The van der Waals surface area contributed by atoms with Gasteiger partial charge in [-0.1, -0.05) is 29.7 Å². The minimum absolute atomic E-state index is 0.683. The minimum Gasteiger partial charge on any atom is -0.376 e. The van der Waals surface area contributed by atoms with E-state index in [-0.39, 0.29) is 0 Å². The van der Waals surface area contributed by atoms with Gasteiger partial charge in [0.05, 0.1) is 0 Å². The molecule has 0 aliphatic heterocycles. The summed E-state index contributed by atoms with van der Waals surface area (Å²) < 4.78 is 0. The second-order valence-electron chi connectivity index (χ2n) is 2.58. The first-order chi connectivity index (χ1) is 5.65. The number of aliphatic hydroxyl groups is 1. The van der Waals surface area contributed by atoms with E-state index in [1.807, 2.05) is 6.92 Å². The largest absolute Gasteiger partial charge is 0.376 e. The van der Waals surface area contributed by atoms with E-state index in [2.05, 4.69) is 5.92 Å². The van der Waals surface area contributed by atoms with Gasteiger partial charge in [-0.05, 0) is 24.1 Å². The summed E-state index contributed by atoms with van der Waals surface area (Å²) in [4.78, 5) is 0. The normalized spacial score (nSPS) is 12.2. The Morgan fingerprint density at radius 2 is 2.25 bits per heavy atom. The second-order valence-corrected chi connectivity index (χ2v) is 2.99. The predicted octanol–water partition coefficient (Wildman–Crippen LogP) is 2.32. The van der Waals surface area contributed by atoms with E-state index in [1.54, 1.807) is 18.2 Å². The Kier molecular flexibility index (Phi) is 2.75. The Hall–Kier alpha value is -0.970. The van der Waals surface area contributed by atoms with Gasteiger partial charge >= 0.3 is 0 Å². The minimum atomic E-state index is -0.832. The van der Waals surface area contributed by atoms with Gasteiger partial charge in [0, 0.05) is 5.02 Å². The SMILES string of the molecule is C#CC(O)c1ccc(Cl)c(C)c1. The van der Waals surface area contributed by atoms with Crippen LogP contribution in [-0.4, -0.2) is 5.11 Å². The Labute approximate surface area is 77.0 Å². The molecule has 1 atom stereocenters. The van der Waals surface area contributed by atoms with E-state index in [9.17, 15) is 5.11 Å². The van der Waals surface area contributed by atoms with Gasteiger partial charge < -0.3 is 5.11 Å². The van der Waals surface area contributed by atoms with Gasteiger partial charge in [0.1, 0.15) is 6.10 Å². The number of halogens is 1. The zero-order valence-electron chi connectivity index (χ0n) is 6.71. The third-order valence-electron chi connectivity index (χ3n) is 1.66. The number of rotatable bonds is 1. The van der Waals surface area contributed by atoms with E-state index < -0.39 is 6.10 Å². The summed E-state index contributed by atoms with van der Waals surface area (Å²) in [5.41, 5.74) is 1.63. The fourth-order valence-electron chi connectivity index (χ4n) is 0.934. The Morgan fingerprint density at radius 1 is 1.58 bits per heavy atom. The van der Waals surface area contributed by atoms with E-state index in [0.717, 1.165) is 5.56 Å². The Morgan fingerprint density at radius 3 is 2.75 bits per heavy atom. The maximum absolute atomic E-state index is 9.27. The molecule has 1 nitrogen and oxygen atoms in total. The van der Waals surface area contributed by atoms with Crippen molar-refractivity contribution in [3.05, 3.63) is 34.3 Å². The van der Waals surface area contributed by atoms with Crippen LogP contribution in [-0.2, 0) is 0 Å². The van der Waals surface area contributed by atoms with E-state index in [1.165, 1.54) is 0 Å². The van der Waals surface area contributed by atoms with Crippen LogP contribution < -0.4 is 0 Å². The molecule has 0 bridgehead atoms. The zero-order valence-corrected chi connectivity index (χ0v) is 7.47. The molecule has 0 aromatic heterocycles. The smallest absolute Gasteiger partial charge is 0.139 e. The Balaban J connectivity index is 3.06. The lowest BCUT2D eigenvalue weighted by atomic mass is 10.1. The summed E-state index contributed by atoms with van der Waals surface area (Å²) in [6.07, 6.45) is 4.23. The molecule has 1 aromatic rings. The van der Waals surface area contributed by atoms with Crippen LogP contribution in [0.15, 0.2) is 18.2 Å². The lowest BCUT2D eigenvalue weighted by Crippen LogP contribution is -1.93. The fraction of sp³-hybridized carbons (Fsp3) is 0.200. The highest BCUT2D eigenvalue weighted by molar-refractivity contribution is 6.31. The van der Waals surface area contributed by atoms with Crippen molar-refractivity contribution in [2.24, 2.45) is 0 Å². The van der Waals surface area contributed by atoms with E-state index >= 15 is 0 Å². The van der Waals surface area contributed by atoms with Gasteiger partial charge in [-0.2, -0.15) is 0 Å². The van der Waals surface area contributed by atoms with Crippen molar-refractivity contribution in [2.75, 3.05) is 0 Å². The number of aliphatic hydroxyl groups excluding tert-OH is 1. The fourth-order valence-corrected chi connectivity index (χ4v) is 1.05. The second kappa shape index (κ2) is 3.62. The van der Waals surface area contributed by atoms with E-state index in [4.69, 9.17) is 18.0 Å². The average Bonchev–Trinajstić information content (AvgIpc) is 2.08. The molecule has 0 saturated heterocycles. The van der Waals surface area contributed by atoms with Gasteiger partial charge in [0.25, 0.3) is 0 Å². The molecule has 0 aliphatic carbocycles. The van der Waals surface area contributed by atoms with Crippen LogP contribution in [0.5, 0.6) is 0 Å². The molecule has 1 unspecified atom stereocenters. The Bertz CT molecular complexity index is 325. The standard InChI is InChI=1S/C10H9ClO/c1-3-10(12)8-4-5-9(11)7(2)6-8/h1,4-6,10,12H,2H3. The highest BCUT2D eigenvalue weighted by atomic mass is 35.5. The molecular formula is C10H9ClO. The lowest BCUT2D eigenvalue weighted by Gasteiger charge is -2.05. The molecular weight excluding hydrogens is 172 g/mol. The van der Waals surface area contributed by atoms with Crippen molar-refractivity contribution in [1.29, 1.82) is 0 Å². The summed E-state index contributed by atoms with van der Waals surface area (Å²) in [6, 6.07) is 5.24. The van der Waals surface area contributed by atoms with Crippen LogP contribution in [0.1, 0.15) is 17.2 Å². The molecule has 1 N–H and O–H groups in total. The first-order valence-corrected chi connectivity index (χ1v) is 3.93. The molecule has 0 radical (unpaired) electrons. The number of aryl methyl sites for hydroxylation is 1. The highest BCUT2D eigenvalue weighted by Crippen LogP contribution is 2.20. The number of benzene rings is 1. The van der Waals surface area contributed by atoms with E-state index in [0.29, 0.717) is 10.6 Å². The molecule has 0 saturated carbocycles. The quantitative estimate of drug-likeness (QED) is 0.658. The number of terminal acetylenes is 1. The number of hydrogen-bond donors (Lipinski definition) is 1. The predicted molar refractivity (Wildman–Crippen MR) is 50.0 cm³/mol. The van der Waals surface area contributed by atoms with Crippen LogP contribution in [0.25, 0.3) is 0 Å². The van der Waals surface area contributed by atoms with Gasteiger partial charge in [0.15, 0.2) is 0 Å². The van der Waals surface area contributed by atoms with Gasteiger partial charge in [-0.15, -0.1) is 6.42 Å².